The zero-order chi connectivity index (χ0) is 12.7. The molecular formula is C14H17ClN2O. The first kappa shape index (κ1) is 12.0. The molecule has 18 heavy (non-hydrogen) atoms. The summed E-state index contributed by atoms with van der Waals surface area (Å²) in [5.41, 5.74) is 1.81. The first-order valence-electron chi connectivity index (χ1n) is 6.46. The van der Waals surface area contributed by atoms with Crippen LogP contribution in [0.5, 0.6) is 0 Å². The van der Waals surface area contributed by atoms with Crippen molar-refractivity contribution in [2.75, 3.05) is 5.32 Å². The second-order valence-electron chi connectivity index (χ2n) is 5.36. The molecule has 3 atom stereocenters. The molecule has 0 saturated carbocycles. The van der Waals surface area contributed by atoms with Gasteiger partial charge in [0.1, 0.15) is 0 Å². The van der Waals surface area contributed by atoms with Gasteiger partial charge in [-0.15, -0.1) is 0 Å². The molecule has 0 spiro atoms. The van der Waals surface area contributed by atoms with Crippen molar-refractivity contribution >= 4 is 23.2 Å². The quantitative estimate of drug-likeness (QED) is 0.862. The van der Waals surface area contributed by atoms with Crippen LogP contribution in [-0.4, -0.2) is 18.0 Å². The lowest BCUT2D eigenvalue weighted by Crippen LogP contribution is -2.32. The van der Waals surface area contributed by atoms with E-state index in [2.05, 4.69) is 10.6 Å². The summed E-state index contributed by atoms with van der Waals surface area (Å²) in [6, 6.07) is 6.60. The Morgan fingerprint density at radius 3 is 2.89 bits per heavy atom. The summed E-state index contributed by atoms with van der Waals surface area (Å²) in [4.78, 5) is 12.2. The Kier molecular flexibility index (Phi) is 3.04. The van der Waals surface area contributed by atoms with Crippen LogP contribution >= 0.6 is 11.6 Å². The van der Waals surface area contributed by atoms with E-state index in [1.165, 1.54) is 6.42 Å². The Hall–Kier alpha value is -1.06. The van der Waals surface area contributed by atoms with Gasteiger partial charge in [0, 0.05) is 12.1 Å². The molecule has 0 aliphatic carbocycles. The highest BCUT2D eigenvalue weighted by Crippen LogP contribution is 2.34. The Balaban J connectivity index is 1.71. The molecule has 4 heteroatoms. The maximum Gasteiger partial charge on any atom is 0.229 e. The van der Waals surface area contributed by atoms with E-state index in [0.717, 1.165) is 24.1 Å². The lowest BCUT2D eigenvalue weighted by molar-refractivity contribution is -0.120. The number of anilines is 1. The van der Waals surface area contributed by atoms with Crippen LogP contribution in [0, 0.1) is 12.8 Å². The lowest BCUT2D eigenvalue weighted by Gasteiger charge is -2.19. The number of hydrogen-bond acceptors (Lipinski definition) is 2. The summed E-state index contributed by atoms with van der Waals surface area (Å²) >= 11 is 6.13. The second-order valence-corrected chi connectivity index (χ2v) is 5.77. The Morgan fingerprint density at radius 1 is 1.44 bits per heavy atom. The molecule has 2 heterocycles. The monoisotopic (exact) mass is 264 g/mol. The summed E-state index contributed by atoms with van der Waals surface area (Å²) in [6.07, 6.45) is 3.28. The van der Waals surface area contributed by atoms with Gasteiger partial charge < -0.3 is 10.6 Å². The zero-order valence-electron chi connectivity index (χ0n) is 10.4. The number of benzene rings is 1. The summed E-state index contributed by atoms with van der Waals surface area (Å²) in [7, 11) is 0. The predicted octanol–water partition coefficient (Wildman–Crippen LogP) is 2.73. The molecule has 2 bridgehead atoms. The number of fused-ring (bicyclic) bond motifs is 2. The van der Waals surface area contributed by atoms with Crippen molar-refractivity contribution in [3.8, 4) is 0 Å². The Labute approximate surface area is 112 Å². The third-order valence-corrected chi connectivity index (χ3v) is 4.33. The van der Waals surface area contributed by atoms with Crippen LogP contribution in [-0.2, 0) is 4.79 Å². The average Bonchev–Trinajstić information content (AvgIpc) is 2.94. The molecule has 1 amide bonds. The fraction of sp³-hybridized carbons (Fsp3) is 0.500. The fourth-order valence-corrected chi connectivity index (χ4v) is 3.34. The van der Waals surface area contributed by atoms with Crippen molar-refractivity contribution in [2.24, 2.45) is 5.92 Å². The van der Waals surface area contributed by atoms with Gasteiger partial charge >= 0.3 is 0 Å². The van der Waals surface area contributed by atoms with Crippen molar-refractivity contribution in [1.29, 1.82) is 0 Å². The van der Waals surface area contributed by atoms with Crippen LogP contribution in [0.1, 0.15) is 24.8 Å². The minimum Gasteiger partial charge on any atom is -0.324 e. The zero-order valence-corrected chi connectivity index (χ0v) is 11.1. The van der Waals surface area contributed by atoms with E-state index in [1.807, 2.05) is 25.1 Å². The minimum atomic E-state index is 0.0976. The maximum atomic E-state index is 12.2. The molecule has 1 aromatic carbocycles. The van der Waals surface area contributed by atoms with E-state index in [9.17, 15) is 4.79 Å². The minimum absolute atomic E-state index is 0.0976. The number of carbonyl (C=O) groups is 1. The first-order chi connectivity index (χ1) is 8.63. The van der Waals surface area contributed by atoms with Gasteiger partial charge in [0.25, 0.3) is 0 Å². The summed E-state index contributed by atoms with van der Waals surface area (Å²) in [6.45, 7) is 1.98. The van der Waals surface area contributed by atoms with E-state index in [0.29, 0.717) is 17.1 Å². The smallest absolute Gasteiger partial charge is 0.229 e. The number of halogens is 1. The Bertz CT molecular complexity index is 489. The number of nitrogens with one attached hydrogen (secondary N) is 2. The van der Waals surface area contributed by atoms with Gasteiger partial charge in [-0.2, -0.15) is 0 Å². The molecular weight excluding hydrogens is 248 g/mol. The fourth-order valence-electron chi connectivity index (χ4n) is 3.06. The number of amides is 1. The van der Waals surface area contributed by atoms with E-state index < -0.39 is 0 Å². The van der Waals surface area contributed by atoms with Crippen molar-refractivity contribution in [2.45, 2.75) is 38.3 Å². The molecule has 0 aromatic heterocycles. The van der Waals surface area contributed by atoms with Crippen LogP contribution in [0.3, 0.4) is 0 Å². The summed E-state index contributed by atoms with van der Waals surface area (Å²) < 4.78 is 0. The first-order valence-corrected chi connectivity index (χ1v) is 6.84. The molecule has 2 aliphatic heterocycles. The van der Waals surface area contributed by atoms with Crippen molar-refractivity contribution in [3.05, 3.63) is 28.8 Å². The van der Waals surface area contributed by atoms with E-state index in [4.69, 9.17) is 11.6 Å². The van der Waals surface area contributed by atoms with Gasteiger partial charge in [-0.25, -0.2) is 0 Å². The second kappa shape index (κ2) is 4.56. The highest BCUT2D eigenvalue weighted by Gasteiger charge is 2.42. The maximum absolute atomic E-state index is 12.2. The molecule has 2 fully saturated rings. The van der Waals surface area contributed by atoms with Gasteiger partial charge in [-0.05, 0) is 43.9 Å². The van der Waals surface area contributed by atoms with Gasteiger partial charge in [-0.1, -0.05) is 17.7 Å². The predicted molar refractivity (Wildman–Crippen MR) is 72.9 cm³/mol. The number of hydrogen-bond donors (Lipinski definition) is 2. The van der Waals surface area contributed by atoms with Crippen LogP contribution in [0.15, 0.2) is 18.2 Å². The molecule has 3 rings (SSSR count). The third-order valence-electron chi connectivity index (χ3n) is 4.02. The molecule has 2 saturated heterocycles. The highest BCUT2D eigenvalue weighted by molar-refractivity contribution is 6.33. The molecule has 96 valence electrons. The number of rotatable bonds is 2. The van der Waals surface area contributed by atoms with Crippen LogP contribution in [0.4, 0.5) is 5.69 Å². The molecule has 3 unspecified atom stereocenters. The molecule has 3 nitrogen and oxygen atoms in total. The topological polar surface area (TPSA) is 41.1 Å². The van der Waals surface area contributed by atoms with E-state index in [1.54, 1.807) is 0 Å². The van der Waals surface area contributed by atoms with Crippen molar-refractivity contribution in [1.82, 2.24) is 5.32 Å². The average molecular weight is 265 g/mol. The van der Waals surface area contributed by atoms with Crippen molar-refractivity contribution in [3.63, 3.8) is 0 Å². The molecule has 1 aromatic rings. The standard InChI is InChI=1S/C14H17ClN2O/c1-8-2-4-13(11(15)6-8)17-14(18)10-7-9-3-5-12(10)16-9/h2,4,6,9-10,12,16H,3,5,7H2,1H3,(H,17,18). The molecule has 2 N–H and O–H groups in total. The number of aryl methyl sites for hydroxylation is 1. The molecule has 2 aliphatic rings. The van der Waals surface area contributed by atoms with Crippen LogP contribution < -0.4 is 10.6 Å². The third kappa shape index (κ3) is 2.13. The molecule has 0 radical (unpaired) electrons. The summed E-state index contributed by atoms with van der Waals surface area (Å²) in [5, 5.41) is 7.04. The normalized spacial score (nSPS) is 29.6. The summed E-state index contributed by atoms with van der Waals surface area (Å²) in [5.74, 6) is 0.196. The number of carbonyl (C=O) groups excluding carboxylic acids is 1. The van der Waals surface area contributed by atoms with E-state index in [-0.39, 0.29) is 11.8 Å². The largest absolute Gasteiger partial charge is 0.324 e. The van der Waals surface area contributed by atoms with Gasteiger partial charge in [0.2, 0.25) is 5.91 Å². The highest BCUT2D eigenvalue weighted by atomic mass is 35.5. The lowest BCUT2D eigenvalue weighted by atomic mass is 9.88. The van der Waals surface area contributed by atoms with Crippen LogP contribution in [0.25, 0.3) is 0 Å². The van der Waals surface area contributed by atoms with E-state index >= 15 is 0 Å². The van der Waals surface area contributed by atoms with Crippen molar-refractivity contribution < 1.29 is 4.79 Å². The van der Waals surface area contributed by atoms with Gasteiger partial charge in [0.15, 0.2) is 0 Å². The van der Waals surface area contributed by atoms with Crippen LogP contribution in [0.2, 0.25) is 5.02 Å². The van der Waals surface area contributed by atoms with Gasteiger partial charge in [0.05, 0.1) is 16.6 Å². The SMILES string of the molecule is Cc1ccc(NC(=O)C2CC3CCC2N3)c(Cl)c1. The Morgan fingerprint density at radius 2 is 2.28 bits per heavy atom. The van der Waals surface area contributed by atoms with Gasteiger partial charge in [-0.3, -0.25) is 4.79 Å².